The Morgan fingerprint density at radius 3 is 2.00 bits per heavy atom. The lowest BCUT2D eigenvalue weighted by Gasteiger charge is -2.05. The Labute approximate surface area is 62.8 Å². The summed E-state index contributed by atoms with van der Waals surface area (Å²) in [5.41, 5.74) is 0. The molecule has 0 aliphatic heterocycles. The first-order valence-corrected chi connectivity index (χ1v) is 3.46. The average molecular weight is 147 g/mol. The van der Waals surface area contributed by atoms with Crippen molar-refractivity contribution >= 4 is 5.91 Å². The van der Waals surface area contributed by atoms with Gasteiger partial charge in [0.15, 0.2) is 0 Å². The molecule has 0 aromatic carbocycles. The molecule has 10 heavy (non-hydrogen) atoms. The Hall–Kier alpha value is -0.570. The summed E-state index contributed by atoms with van der Waals surface area (Å²) in [7, 11) is 3.08. The van der Waals surface area contributed by atoms with Gasteiger partial charge in [0.2, 0.25) is 5.91 Å². The fourth-order valence-corrected chi connectivity index (χ4v) is 0.310. The van der Waals surface area contributed by atoms with Crippen LogP contribution >= 0.6 is 0 Å². The number of amides is 1. The quantitative estimate of drug-likeness (QED) is 0.627. The van der Waals surface area contributed by atoms with Gasteiger partial charge in [-0.2, -0.15) is 0 Å². The number of nitrogens with one attached hydrogen (secondary N) is 1. The Morgan fingerprint density at radius 1 is 1.50 bits per heavy atom. The first kappa shape index (κ1) is 12.1. The van der Waals surface area contributed by atoms with E-state index >= 15 is 0 Å². The van der Waals surface area contributed by atoms with Crippen LogP contribution in [-0.4, -0.2) is 26.2 Å². The Kier molecular flexibility index (Phi) is 10.2. The number of carbonyl (C=O) groups is 1. The Morgan fingerprint density at radius 2 is 1.90 bits per heavy atom. The predicted molar refractivity (Wildman–Crippen MR) is 41.9 cm³/mol. The normalized spacial score (nSPS) is 10.9. The van der Waals surface area contributed by atoms with Gasteiger partial charge in [-0.1, -0.05) is 13.8 Å². The molecule has 3 heteroatoms. The minimum Gasteiger partial charge on any atom is -0.372 e. The van der Waals surface area contributed by atoms with Gasteiger partial charge in [0.05, 0.1) is 0 Å². The zero-order valence-electron chi connectivity index (χ0n) is 7.39. The summed E-state index contributed by atoms with van der Waals surface area (Å²) in [4.78, 5) is 10.5. The summed E-state index contributed by atoms with van der Waals surface area (Å²) < 4.78 is 4.69. The number of likely N-dealkylation sites (N-methyl/N-ethyl adjacent to an activating group) is 1. The van der Waals surface area contributed by atoms with Crippen LogP contribution in [-0.2, 0) is 9.53 Å². The second kappa shape index (κ2) is 8.43. The van der Waals surface area contributed by atoms with E-state index in [1.807, 2.05) is 13.8 Å². The van der Waals surface area contributed by atoms with Gasteiger partial charge < -0.3 is 10.1 Å². The minimum absolute atomic E-state index is 0.0903. The van der Waals surface area contributed by atoms with Gasteiger partial charge in [0.1, 0.15) is 6.10 Å². The summed E-state index contributed by atoms with van der Waals surface area (Å²) >= 11 is 0. The summed E-state index contributed by atoms with van der Waals surface area (Å²) in [5, 5.41) is 2.45. The summed E-state index contributed by atoms with van der Waals surface area (Å²) in [6, 6.07) is 0. The molecule has 0 heterocycles. The highest BCUT2D eigenvalue weighted by atomic mass is 16.5. The van der Waals surface area contributed by atoms with Crippen LogP contribution in [0.15, 0.2) is 0 Å². The molecule has 1 amide bonds. The maximum Gasteiger partial charge on any atom is 0.248 e. The van der Waals surface area contributed by atoms with Crippen molar-refractivity contribution in [3.63, 3.8) is 0 Å². The molecule has 0 saturated heterocycles. The van der Waals surface area contributed by atoms with Crippen molar-refractivity contribution < 1.29 is 9.53 Å². The largest absolute Gasteiger partial charge is 0.372 e. The molecule has 1 N–H and O–H groups in total. The SMILES string of the molecule is CC.CNC(=O)C(C)OC. The molecule has 0 saturated carbocycles. The van der Waals surface area contributed by atoms with E-state index in [1.165, 1.54) is 7.11 Å². The van der Waals surface area contributed by atoms with Crippen molar-refractivity contribution in [1.29, 1.82) is 0 Å². The van der Waals surface area contributed by atoms with Gasteiger partial charge in [-0.25, -0.2) is 0 Å². The van der Waals surface area contributed by atoms with Crippen molar-refractivity contribution in [2.24, 2.45) is 0 Å². The molecule has 0 aliphatic carbocycles. The van der Waals surface area contributed by atoms with Gasteiger partial charge in [0, 0.05) is 14.2 Å². The number of carbonyl (C=O) groups excluding carboxylic acids is 1. The number of rotatable bonds is 2. The van der Waals surface area contributed by atoms with E-state index in [9.17, 15) is 4.79 Å². The van der Waals surface area contributed by atoms with Crippen molar-refractivity contribution in [1.82, 2.24) is 5.32 Å². The van der Waals surface area contributed by atoms with E-state index in [1.54, 1.807) is 14.0 Å². The Bertz CT molecular complexity index is 83.7. The maximum absolute atomic E-state index is 10.5. The van der Waals surface area contributed by atoms with E-state index in [4.69, 9.17) is 4.74 Å². The van der Waals surface area contributed by atoms with Crippen LogP contribution in [0.5, 0.6) is 0 Å². The van der Waals surface area contributed by atoms with Crippen LogP contribution < -0.4 is 5.32 Å². The predicted octanol–water partition coefficient (Wildman–Crippen LogP) is 0.793. The van der Waals surface area contributed by atoms with Crippen molar-refractivity contribution in [3.05, 3.63) is 0 Å². The number of methoxy groups -OCH3 is 1. The standard InChI is InChI=1S/C5H11NO2.C2H6/c1-4(8-3)5(7)6-2;1-2/h4H,1-3H3,(H,6,7);1-2H3. The molecule has 0 bridgehead atoms. The van der Waals surface area contributed by atoms with Gasteiger partial charge in [-0.3, -0.25) is 4.79 Å². The van der Waals surface area contributed by atoms with Gasteiger partial charge in [-0.15, -0.1) is 0 Å². The van der Waals surface area contributed by atoms with Crippen LogP contribution in [0, 0.1) is 0 Å². The topological polar surface area (TPSA) is 38.3 Å². The molecule has 1 atom stereocenters. The minimum atomic E-state index is -0.333. The van der Waals surface area contributed by atoms with Crippen molar-refractivity contribution in [2.45, 2.75) is 26.9 Å². The maximum atomic E-state index is 10.5. The third-order valence-electron chi connectivity index (χ3n) is 0.969. The zero-order chi connectivity index (χ0) is 8.57. The molecule has 0 aromatic rings. The van der Waals surface area contributed by atoms with Gasteiger partial charge >= 0.3 is 0 Å². The van der Waals surface area contributed by atoms with Crippen molar-refractivity contribution in [2.75, 3.05) is 14.2 Å². The Balaban J connectivity index is 0. The highest BCUT2D eigenvalue weighted by Gasteiger charge is 2.06. The van der Waals surface area contributed by atoms with Crippen LogP contribution in [0.3, 0.4) is 0 Å². The van der Waals surface area contributed by atoms with Gasteiger partial charge in [0.25, 0.3) is 0 Å². The second-order valence-corrected chi connectivity index (χ2v) is 1.49. The molecule has 1 unspecified atom stereocenters. The molecule has 0 aliphatic rings. The fraction of sp³-hybridized carbons (Fsp3) is 0.857. The molecule has 0 aromatic heterocycles. The molecule has 0 spiro atoms. The highest BCUT2D eigenvalue weighted by Crippen LogP contribution is 1.83. The molecule has 62 valence electrons. The third-order valence-corrected chi connectivity index (χ3v) is 0.969. The van der Waals surface area contributed by atoms with E-state index in [-0.39, 0.29) is 12.0 Å². The van der Waals surface area contributed by atoms with E-state index in [2.05, 4.69) is 5.32 Å². The highest BCUT2D eigenvalue weighted by molar-refractivity contribution is 5.79. The molecular formula is C7H17NO2. The fourth-order valence-electron chi connectivity index (χ4n) is 0.310. The van der Waals surface area contributed by atoms with E-state index in [0.717, 1.165) is 0 Å². The number of ether oxygens (including phenoxy) is 1. The molecular weight excluding hydrogens is 130 g/mol. The monoisotopic (exact) mass is 147 g/mol. The van der Waals surface area contributed by atoms with Crippen LogP contribution in [0.4, 0.5) is 0 Å². The van der Waals surface area contributed by atoms with Gasteiger partial charge in [-0.05, 0) is 6.92 Å². The third kappa shape index (κ3) is 5.56. The first-order chi connectivity index (χ1) is 4.72. The van der Waals surface area contributed by atoms with E-state index in [0.29, 0.717) is 0 Å². The van der Waals surface area contributed by atoms with Crippen LogP contribution in [0.2, 0.25) is 0 Å². The van der Waals surface area contributed by atoms with Crippen LogP contribution in [0.1, 0.15) is 20.8 Å². The first-order valence-electron chi connectivity index (χ1n) is 3.46. The molecule has 0 fully saturated rings. The molecule has 0 rings (SSSR count). The summed E-state index contributed by atoms with van der Waals surface area (Å²) in [6.45, 7) is 5.69. The van der Waals surface area contributed by atoms with E-state index < -0.39 is 0 Å². The average Bonchev–Trinajstić information content (AvgIpc) is 2.05. The lowest BCUT2D eigenvalue weighted by Crippen LogP contribution is -2.30. The molecule has 3 nitrogen and oxygen atoms in total. The smallest absolute Gasteiger partial charge is 0.248 e. The molecule has 0 radical (unpaired) electrons. The number of hydrogen-bond acceptors (Lipinski definition) is 2. The van der Waals surface area contributed by atoms with Crippen molar-refractivity contribution in [3.8, 4) is 0 Å². The van der Waals surface area contributed by atoms with Crippen LogP contribution in [0.25, 0.3) is 0 Å². The lowest BCUT2D eigenvalue weighted by molar-refractivity contribution is -0.129. The zero-order valence-corrected chi connectivity index (χ0v) is 7.39. The summed E-state index contributed by atoms with van der Waals surface area (Å²) in [6.07, 6.45) is -0.333. The lowest BCUT2D eigenvalue weighted by atomic mass is 10.4. The second-order valence-electron chi connectivity index (χ2n) is 1.49. The number of hydrogen-bond donors (Lipinski definition) is 1. The summed E-state index contributed by atoms with van der Waals surface area (Å²) in [5.74, 6) is -0.0903.